The van der Waals surface area contributed by atoms with Crippen LogP contribution < -0.4 is 11.1 Å². The van der Waals surface area contributed by atoms with Crippen molar-refractivity contribution in [1.29, 1.82) is 0 Å². The summed E-state index contributed by atoms with van der Waals surface area (Å²) >= 11 is 0. The molecule has 1 heterocycles. The summed E-state index contributed by atoms with van der Waals surface area (Å²) in [5, 5.41) is 13.9. The molecule has 0 aromatic heterocycles. The number of nitrogens with two attached hydrogens (primary N) is 1. The summed E-state index contributed by atoms with van der Waals surface area (Å²) in [5.74, 6) is -0.791. The highest BCUT2D eigenvalue weighted by atomic mass is 32.2. The van der Waals surface area contributed by atoms with Crippen LogP contribution in [0.1, 0.15) is 25.8 Å². The minimum Gasteiger partial charge on any atom is -0.444 e. The van der Waals surface area contributed by atoms with Crippen molar-refractivity contribution in [2.24, 2.45) is 5.92 Å². The predicted octanol–water partition coefficient (Wildman–Crippen LogP) is 2.54. The number of halogens is 1. The highest BCUT2D eigenvalue weighted by Gasteiger charge is 2.32. The van der Waals surface area contributed by atoms with Crippen LogP contribution in [-0.2, 0) is 25.9 Å². The normalized spacial score (nSPS) is 17.8. The van der Waals surface area contributed by atoms with E-state index in [1.54, 1.807) is 0 Å². The van der Waals surface area contributed by atoms with E-state index in [0.717, 1.165) is 28.1 Å². The molecule has 198 valence electrons. The van der Waals surface area contributed by atoms with Crippen LogP contribution in [0, 0.1) is 11.7 Å². The predicted molar refractivity (Wildman–Crippen MR) is 133 cm³/mol. The zero-order valence-electron chi connectivity index (χ0n) is 20.5. The molecule has 2 aromatic rings. The van der Waals surface area contributed by atoms with Crippen LogP contribution in [0.15, 0.2) is 53.4 Å². The van der Waals surface area contributed by atoms with Crippen LogP contribution in [0.4, 0.5) is 14.9 Å². The van der Waals surface area contributed by atoms with Crippen molar-refractivity contribution in [3.63, 3.8) is 0 Å². The zero-order valence-corrected chi connectivity index (χ0v) is 21.3. The third-order valence-corrected chi connectivity index (χ3v) is 7.62. The molecule has 1 unspecified atom stereocenters. The fourth-order valence-electron chi connectivity index (χ4n) is 3.94. The molecule has 0 spiro atoms. The molecule has 0 bridgehead atoms. The number of carbonyl (C=O) groups is 1. The van der Waals surface area contributed by atoms with E-state index < -0.39 is 34.1 Å². The van der Waals surface area contributed by atoms with Gasteiger partial charge in [-0.3, -0.25) is 0 Å². The van der Waals surface area contributed by atoms with Crippen molar-refractivity contribution in [2.75, 3.05) is 32.0 Å². The smallest absolute Gasteiger partial charge is 0.407 e. The standard InChI is InChI=1S/C25H34FN3O6S/c1-17(2)14-29(36(32,33)20-8-9-21(26)22(27)13-20)15-24(30)23(12-18-6-4-3-5-7-18)28-25(31)35-19-10-11-34-16-19/h3-9,13,17,19,23-24,30H,10-12,14-16,27H2,1-2H3,(H,28,31)/t19?,23-,24+/m0/s1. The van der Waals surface area contributed by atoms with Crippen LogP contribution in [0.3, 0.4) is 0 Å². The van der Waals surface area contributed by atoms with E-state index in [0.29, 0.717) is 19.6 Å². The average molecular weight is 524 g/mol. The van der Waals surface area contributed by atoms with Crippen LogP contribution >= 0.6 is 0 Å². The molecule has 0 radical (unpaired) electrons. The van der Waals surface area contributed by atoms with Gasteiger partial charge in [-0.1, -0.05) is 44.2 Å². The molecule has 1 saturated heterocycles. The Hall–Kier alpha value is -2.73. The maximum Gasteiger partial charge on any atom is 0.407 e. The number of nitrogens with zero attached hydrogens (tertiary/aromatic N) is 1. The summed E-state index contributed by atoms with van der Waals surface area (Å²) in [6, 6.07) is 11.6. The van der Waals surface area contributed by atoms with Gasteiger partial charge in [-0.25, -0.2) is 17.6 Å². The first-order valence-corrected chi connectivity index (χ1v) is 13.3. The van der Waals surface area contributed by atoms with E-state index in [2.05, 4.69) is 5.32 Å². The molecule has 4 N–H and O–H groups in total. The second kappa shape index (κ2) is 12.5. The number of ether oxygens (including phenoxy) is 2. The Morgan fingerprint density at radius 2 is 1.97 bits per heavy atom. The van der Waals surface area contributed by atoms with Gasteiger partial charge < -0.3 is 25.6 Å². The largest absolute Gasteiger partial charge is 0.444 e. The summed E-state index contributed by atoms with van der Waals surface area (Å²) in [6.45, 7) is 4.29. The number of hydrogen-bond acceptors (Lipinski definition) is 7. The number of carbonyl (C=O) groups excluding carboxylic acids is 1. The first-order valence-electron chi connectivity index (χ1n) is 11.9. The van der Waals surface area contributed by atoms with E-state index >= 15 is 0 Å². The SMILES string of the molecule is CC(C)CN(C[C@@H](O)[C@H](Cc1ccccc1)NC(=O)OC1CCOC1)S(=O)(=O)c1ccc(F)c(N)c1. The van der Waals surface area contributed by atoms with Gasteiger partial charge in [0.05, 0.1) is 35.9 Å². The molecule has 1 aliphatic heterocycles. The summed E-state index contributed by atoms with van der Waals surface area (Å²) in [4.78, 5) is 12.4. The molecule has 0 saturated carbocycles. The first kappa shape index (κ1) is 27.9. The molecule has 1 amide bonds. The van der Waals surface area contributed by atoms with E-state index in [-0.39, 0.29) is 42.1 Å². The quantitative estimate of drug-likeness (QED) is 0.386. The summed E-state index contributed by atoms with van der Waals surface area (Å²) in [6.07, 6.45) is -1.53. The number of anilines is 1. The van der Waals surface area contributed by atoms with Gasteiger partial charge in [-0.2, -0.15) is 4.31 Å². The number of aliphatic hydroxyl groups excluding tert-OH is 1. The maximum absolute atomic E-state index is 13.7. The Morgan fingerprint density at radius 1 is 1.25 bits per heavy atom. The van der Waals surface area contributed by atoms with E-state index in [9.17, 15) is 22.7 Å². The molecule has 3 rings (SSSR count). The monoisotopic (exact) mass is 523 g/mol. The van der Waals surface area contributed by atoms with Crippen molar-refractivity contribution in [3.05, 3.63) is 59.9 Å². The molecular formula is C25H34FN3O6S. The molecular weight excluding hydrogens is 489 g/mol. The van der Waals surface area contributed by atoms with Gasteiger partial charge in [-0.05, 0) is 36.1 Å². The third kappa shape index (κ3) is 7.63. The van der Waals surface area contributed by atoms with Gasteiger partial charge in [0.2, 0.25) is 10.0 Å². The number of hydrogen-bond donors (Lipinski definition) is 3. The highest BCUT2D eigenvalue weighted by molar-refractivity contribution is 7.89. The van der Waals surface area contributed by atoms with E-state index in [1.165, 1.54) is 0 Å². The van der Waals surface area contributed by atoms with Gasteiger partial charge in [-0.15, -0.1) is 0 Å². The van der Waals surface area contributed by atoms with Crippen molar-refractivity contribution in [3.8, 4) is 0 Å². The Bertz CT molecular complexity index is 1110. The molecule has 3 atom stereocenters. The molecule has 1 fully saturated rings. The van der Waals surface area contributed by atoms with Gasteiger partial charge in [0.25, 0.3) is 0 Å². The fourth-order valence-corrected chi connectivity index (χ4v) is 5.60. The lowest BCUT2D eigenvalue weighted by atomic mass is 10.0. The number of rotatable bonds is 11. The molecule has 9 nitrogen and oxygen atoms in total. The van der Waals surface area contributed by atoms with Crippen LogP contribution in [-0.4, -0.2) is 68.5 Å². The molecule has 2 aromatic carbocycles. The molecule has 0 aliphatic carbocycles. The van der Waals surface area contributed by atoms with Gasteiger partial charge in [0.1, 0.15) is 11.9 Å². The number of benzene rings is 2. The molecule has 1 aliphatic rings. The summed E-state index contributed by atoms with van der Waals surface area (Å²) < 4.78 is 52.2. The van der Waals surface area contributed by atoms with Gasteiger partial charge in [0, 0.05) is 19.5 Å². The Labute approximate surface area is 211 Å². The van der Waals surface area contributed by atoms with Crippen molar-refractivity contribution >= 4 is 21.8 Å². The summed E-state index contributed by atoms with van der Waals surface area (Å²) in [5.41, 5.74) is 6.15. The van der Waals surface area contributed by atoms with Crippen molar-refractivity contribution in [1.82, 2.24) is 9.62 Å². The Kier molecular flexibility index (Phi) is 9.66. The zero-order chi connectivity index (χ0) is 26.3. The average Bonchev–Trinajstić information content (AvgIpc) is 3.33. The lowest BCUT2D eigenvalue weighted by molar-refractivity contribution is 0.0644. The Balaban J connectivity index is 1.82. The van der Waals surface area contributed by atoms with Crippen molar-refractivity contribution in [2.45, 2.75) is 49.8 Å². The third-order valence-electron chi connectivity index (χ3n) is 5.79. The minimum atomic E-state index is -4.12. The minimum absolute atomic E-state index is 0.0716. The lowest BCUT2D eigenvalue weighted by Crippen LogP contribution is -2.51. The number of sulfonamides is 1. The summed E-state index contributed by atoms with van der Waals surface area (Å²) in [7, 11) is -4.12. The topological polar surface area (TPSA) is 131 Å². The number of amides is 1. The second-order valence-corrected chi connectivity index (χ2v) is 11.2. The number of aliphatic hydroxyl groups is 1. The number of alkyl carbamates (subject to hydrolysis) is 1. The maximum atomic E-state index is 13.7. The second-order valence-electron chi connectivity index (χ2n) is 9.30. The lowest BCUT2D eigenvalue weighted by Gasteiger charge is -2.30. The van der Waals surface area contributed by atoms with Gasteiger partial charge in [0.15, 0.2) is 0 Å². The fraction of sp³-hybridized carbons (Fsp3) is 0.480. The molecule has 36 heavy (non-hydrogen) atoms. The van der Waals surface area contributed by atoms with E-state index in [4.69, 9.17) is 15.2 Å². The first-order chi connectivity index (χ1) is 17.1. The number of nitrogens with one attached hydrogen (secondary N) is 1. The van der Waals surface area contributed by atoms with Crippen LogP contribution in [0.25, 0.3) is 0 Å². The van der Waals surface area contributed by atoms with Crippen molar-refractivity contribution < 1.29 is 32.2 Å². The van der Waals surface area contributed by atoms with Gasteiger partial charge >= 0.3 is 6.09 Å². The number of nitrogen functional groups attached to an aromatic ring is 1. The van der Waals surface area contributed by atoms with Crippen LogP contribution in [0.2, 0.25) is 0 Å². The molecule has 11 heteroatoms. The Morgan fingerprint density at radius 3 is 2.58 bits per heavy atom. The highest BCUT2D eigenvalue weighted by Crippen LogP contribution is 2.22. The van der Waals surface area contributed by atoms with Crippen LogP contribution in [0.5, 0.6) is 0 Å². The van der Waals surface area contributed by atoms with E-state index in [1.807, 2.05) is 44.2 Å².